The number of methoxy groups -OCH3 is 1. The fourth-order valence-electron chi connectivity index (χ4n) is 2.19. The third kappa shape index (κ3) is 3.74. The van der Waals surface area contributed by atoms with Crippen LogP contribution in [0.25, 0.3) is 0 Å². The lowest BCUT2D eigenvalue weighted by atomic mass is 10.0. The summed E-state index contributed by atoms with van der Waals surface area (Å²) in [6.45, 7) is 6.47. The summed E-state index contributed by atoms with van der Waals surface area (Å²) in [5.41, 5.74) is 1.96. The molecule has 0 fully saturated rings. The number of nitrogens with one attached hydrogen (secondary N) is 1. The Morgan fingerprint density at radius 1 is 1.38 bits per heavy atom. The summed E-state index contributed by atoms with van der Waals surface area (Å²) in [6, 6.07) is 0. The zero-order valence-corrected chi connectivity index (χ0v) is 12.9. The Balaban J connectivity index is 2.10. The third-order valence-corrected chi connectivity index (χ3v) is 3.21. The molecule has 2 rings (SSSR count). The van der Waals surface area contributed by atoms with E-state index in [1.807, 2.05) is 20.8 Å². The quantitative estimate of drug-likeness (QED) is 0.834. The summed E-state index contributed by atoms with van der Waals surface area (Å²) in [6.07, 6.45) is 0.422. The molecule has 0 radical (unpaired) electrons. The Morgan fingerprint density at radius 3 is 2.71 bits per heavy atom. The molecule has 0 spiro atoms. The number of nitrogens with zero attached hydrogens (tertiary/aromatic N) is 2. The smallest absolute Gasteiger partial charge is 0.410 e. The number of ether oxygens (including phenoxy) is 2. The average Bonchev–Trinajstić information content (AvgIpc) is 2.79. The SMILES string of the molecule is COC(=O)Cc1n[nH]c2c1CN(C(=O)OC(C)(C)C)CC2. The molecule has 7 nitrogen and oxygen atoms in total. The van der Waals surface area contributed by atoms with Crippen molar-refractivity contribution in [2.45, 2.75) is 45.8 Å². The number of esters is 1. The van der Waals surface area contributed by atoms with Gasteiger partial charge in [-0.2, -0.15) is 5.10 Å². The second-order valence-electron chi connectivity index (χ2n) is 6.03. The van der Waals surface area contributed by atoms with Crippen LogP contribution in [0.5, 0.6) is 0 Å². The van der Waals surface area contributed by atoms with E-state index in [0.29, 0.717) is 25.2 Å². The van der Waals surface area contributed by atoms with E-state index in [1.165, 1.54) is 7.11 Å². The maximum absolute atomic E-state index is 12.1. The number of H-pyrrole nitrogens is 1. The van der Waals surface area contributed by atoms with Crippen LogP contribution in [0, 0.1) is 0 Å². The maximum Gasteiger partial charge on any atom is 0.410 e. The number of aromatic nitrogens is 2. The van der Waals surface area contributed by atoms with Crippen LogP contribution < -0.4 is 0 Å². The first kappa shape index (κ1) is 15.3. The first-order valence-corrected chi connectivity index (χ1v) is 6.90. The van der Waals surface area contributed by atoms with Gasteiger partial charge in [0, 0.05) is 24.2 Å². The summed E-state index contributed by atoms with van der Waals surface area (Å²) >= 11 is 0. The Labute approximate surface area is 123 Å². The summed E-state index contributed by atoms with van der Waals surface area (Å²) in [5, 5.41) is 7.08. The highest BCUT2D eigenvalue weighted by molar-refractivity contribution is 5.73. The van der Waals surface area contributed by atoms with Crippen LogP contribution in [0.1, 0.15) is 37.7 Å². The summed E-state index contributed by atoms with van der Waals surface area (Å²) < 4.78 is 10.0. The molecule has 2 heterocycles. The van der Waals surface area contributed by atoms with Crippen LogP contribution in [0.4, 0.5) is 4.79 Å². The van der Waals surface area contributed by atoms with Crippen LogP contribution in [0.2, 0.25) is 0 Å². The summed E-state index contributed by atoms with van der Waals surface area (Å²) in [7, 11) is 1.34. The van der Waals surface area contributed by atoms with Gasteiger partial charge in [-0.05, 0) is 20.8 Å². The van der Waals surface area contributed by atoms with E-state index in [1.54, 1.807) is 4.90 Å². The molecule has 7 heteroatoms. The van der Waals surface area contributed by atoms with Crippen LogP contribution in [-0.2, 0) is 33.7 Å². The lowest BCUT2D eigenvalue weighted by Crippen LogP contribution is -2.40. The molecular formula is C14H21N3O4. The predicted octanol–water partition coefficient (Wildman–Crippen LogP) is 1.42. The molecule has 0 atom stereocenters. The number of fused-ring (bicyclic) bond motifs is 1. The van der Waals surface area contributed by atoms with Gasteiger partial charge in [-0.1, -0.05) is 0 Å². The van der Waals surface area contributed by atoms with Gasteiger partial charge in [-0.15, -0.1) is 0 Å². The molecule has 0 saturated carbocycles. The first-order valence-electron chi connectivity index (χ1n) is 6.90. The second-order valence-corrected chi connectivity index (χ2v) is 6.03. The van der Waals surface area contributed by atoms with Gasteiger partial charge in [0.15, 0.2) is 0 Å². The Morgan fingerprint density at radius 2 is 2.10 bits per heavy atom. The minimum atomic E-state index is -0.525. The zero-order chi connectivity index (χ0) is 15.6. The van der Waals surface area contributed by atoms with Crippen molar-refractivity contribution in [3.05, 3.63) is 17.0 Å². The molecule has 1 amide bonds. The van der Waals surface area contributed by atoms with Crippen LogP contribution in [-0.4, -0.2) is 46.4 Å². The van der Waals surface area contributed by atoms with E-state index in [2.05, 4.69) is 14.9 Å². The van der Waals surface area contributed by atoms with E-state index in [-0.39, 0.29) is 18.5 Å². The highest BCUT2D eigenvalue weighted by atomic mass is 16.6. The van der Waals surface area contributed by atoms with Crippen molar-refractivity contribution in [1.82, 2.24) is 15.1 Å². The summed E-state index contributed by atoms with van der Waals surface area (Å²) in [5.74, 6) is -0.348. The molecule has 0 saturated heterocycles. The molecule has 0 aliphatic carbocycles. The Kier molecular flexibility index (Phi) is 4.20. The number of hydrogen-bond acceptors (Lipinski definition) is 5. The van der Waals surface area contributed by atoms with Crippen LogP contribution in [0.3, 0.4) is 0 Å². The van der Waals surface area contributed by atoms with Gasteiger partial charge in [-0.3, -0.25) is 9.89 Å². The number of rotatable bonds is 2. The van der Waals surface area contributed by atoms with E-state index < -0.39 is 5.60 Å². The monoisotopic (exact) mass is 295 g/mol. The highest BCUT2D eigenvalue weighted by Crippen LogP contribution is 2.22. The number of amides is 1. The molecule has 1 aromatic rings. The number of carbonyl (C=O) groups excluding carboxylic acids is 2. The molecule has 1 N–H and O–H groups in total. The minimum Gasteiger partial charge on any atom is -0.469 e. The predicted molar refractivity (Wildman–Crippen MR) is 74.7 cm³/mol. The van der Waals surface area contributed by atoms with Gasteiger partial charge >= 0.3 is 12.1 Å². The standard InChI is InChI=1S/C14H21N3O4/c1-14(2,3)21-13(19)17-6-5-10-9(8-17)11(16-15-10)7-12(18)20-4/h5-8H2,1-4H3,(H,15,16). The van der Waals surface area contributed by atoms with Crippen molar-refractivity contribution in [1.29, 1.82) is 0 Å². The van der Waals surface area contributed by atoms with E-state index in [0.717, 1.165) is 11.3 Å². The number of aromatic amines is 1. The van der Waals surface area contributed by atoms with Gasteiger partial charge in [0.25, 0.3) is 0 Å². The van der Waals surface area contributed by atoms with Gasteiger partial charge in [-0.25, -0.2) is 4.79 Å². The topological polar surface area (TPSA) is 84.5 Å². The van der Waals surface area contributed by atoms with E-state index >= 15 is 0 Å². The van der Waals surface area contributed by atoms with Gasteiger partial charge in [0.05, 0.1) is 25.8 Å². The fourth-order valence-corrected chi connectivity index (χ4v) is 2.19. The number of hydrogen-bond donors (Lipinski definition) is 1. The number of carbonyl (C=O) groups is 2. The van der Waals surface area contributed by atoms with Crippen LogP contribution in [0.15, 0.2) is 0 Å². The fraction of sp³-hybridized carbons (Fsp3) is 0.643. The van der Waals surface area contributed by atoms with Gasteiger partial charge in [0.1, 0.15) is 5.60 Å². The molecule has 0 bridgehead atoms. The van der Waals surface area contributed by atoms with E-state index in [4.69, 9.17) is 4.74 Å². The largest absolute Gasteiger partial charge is 0.469 e. The minimum absolute atomic E-state index is 0.102. The van der Waals surface area contributed by atoms with Crippen molar-refractivity contribution in [3.63, 3.8) is 0 Å². The average molecular weight is 295 g/mol. The van der Waals surface area contributed by atoms with Gasteiger partial charge in [0.2, 0.25) is 0 Å². The van der Waals surface area contributed by atoms with E-state index in [9.17, 15) is 9.59 Å². The molecule has 116 valence electrons. The Hall–Kier alpha value is -2.05. The molecule has 1 aliphatic heterocycles. The lowest BCUT2D eigenvalue weighted by Gasteiger charge is -2.30. The second kappa shape index (κ2) is 5.75. The molecule has 0 aromatic carbocycles. The van der Waals surface area contributed by atoms with Crippen LogP contribution >= 0.6 is 0 Å². The van der Waals surface area contributed by atoms with Crippen molar-refractivity contribution >= 4 is 12.1 Å². The lowest BCUT2D eigenvalue weighted by molar-refractivity contribution is -0.139. The molecular weight excluding hydrogens is 274 g/mol. The zero-order valence-electron chi connectivity index (χ0n) is 12.9. The normalized spacial score (nSPS) is 14.6. The molecule has 1 aliphatic rings. The Bertz CT molecular complexity index is 545. The highest BCUT2D eigenvalue weighted by Gasteiger charge is 2.29. The summed E-state index contributed by atoms with van der Waals surface area (Å²) in [4.78, 5) is 25.1. The first-order chi connectivity index (χ1) is 9.80. The van der Waals surface area contributed by atoms with Crippen molar-refractivity contribution in [3.8, 4) is 0 Å². The maximum atomic E-state index is 12.1. The van der Waals surface area contributed by atoms with Gasteiger partial charge < -0.3 is 14.4 Å². The third-order valence-electron chi connectivity index (χ3n) is 3.21. The van der Waals surface area contributed by atoms with Crippen molar-refractivity contribution < 1.29 is 19.1 Å². The molecule has 1 aromatic heterocycles. The van der Waals surface area contributed by atoms with Crippen molar-refractivity contribution in [2.75, 3.05) is 13.7 Å². The molecule has 21 heavy (non-hydrogen) atoms. The molecule has 0 unspecified atom stereocenters. The van der Waals surface area contributed by atoms with Crippen molar-refractivity contribution in [2.24, 2.45) is 0 Å².